The molecular formula is C14H11ClO3. The number of carbonyl (C=O) groups is 1. The van der Waals surface area contributed by atoms with Crippen molar-refractivity contribution >= 4 is 17.6 Å². The third kappa shape index (κ3) is 2.31. The molecule has 0 heterocycles. The molecule has 0 saturated carbocycles. The number of benzene rings is 2. The molecule has 3 nitrogen and oxygen atoms in total. The zero-order valence-electron chi connectivity index (χ0n) is 9.68. The van der Waals surface area contributed by atoms with Gasteiger partial charge >= 0.3 is 5.97 Å². The van der Waals surface area contributed by atoms with E-state index in [9.17, 15) is 4.79 Å². The highest BCUT2D eigenvalue weighted by Crippen LogP contribution is 2.35. The molecule has 2 aromatic rings. The smallest absolute Gasteiger partial charge is 0.335 e. The molecule has 0 unspecified atom stereocenters. The van der Waals surface area contributed by atoms with Crippen LogP contribution < -0.4 is 4.74 Å². The lowest BCUT2D eigenvalue weighted by Crippen LogP contribution is -1.98. The molecule has 2 rings (SSSR count). The van der Waals surface area contributed by atoms with Gasteiger partial charge in [0.2, 0.25) is 0 Å². The molecule has 0 fully saturated rings. The van der Waals surface area contributed by atoms with E-state index in [-0.39, 0.29) is 5.56 Å². The van der Waals surface area contributed by atoms with Gasteiger partial charge in [-0.15, -0.1) is 0 Å². The summed E-state index contributed by atoms with van der Waals surface area (Å²) in [6, 6.07) is 11.9. The molecule has 92 valence electrons. The standard InChI is InChI=1S/C14H11ClO3/c1-18-13-7-6-9(14(16)17)8-11(13)10-4-2-3-5-12(10)15/h2-8H,1H3,(H,16,17). The molecule has 0 saturated heterocycles. The van der Waals surface area contributed by atoms with Gasteiger partial charge in [0.25, 0.3) is 0 Å². The van der Waals surface area contributed by atoms with E-state index in [4.69, 9.17) is 21.4 Å². The van der Waals surface area contributed by atoms with Crippen molar-refractivity contribution in [2.45, 2.75) is 0 Å². The molecular weight excluding hydrogens is 252 g/mol. The Morgan fingerprint density at radius 2 is 1.89 bits per heavy atom. The van der Waals surface area contributed by atoms with E-state index < -0.39 is 5.97 Å². The first-order chi connectivity index (χ1) is 8.63. The van der Waals surface area contributed by atoms with Crippen LogP contribution in [0.4, 0.5) is 0 Å². The topological polar surface area (TPSA) is 46.5 Å². The lowest BCUT2D eigenvalue weighted by atomic mass is 10.0. The summed E-state index contributed by atoms with van der Waals surface area (Å²) < 4.78 is 5.24. The van der Waals surface area contributed by atoms with Crippen LogP contribution in [0.5, 0.6) is 5.75 Å². The number of halogens is 1. The van der Waals surface area contributed by atoms with Gasteiger partial charge in [-0.1, -0.05) is 29.8 Å². The first-order valence-corrected chi connectivity index (χ1v) is 5.67. The fourth-order valence-electron chi connectivity index (χ4n) is 1.73. The second-order valence-electron chi connectivity index (χ2n) is 3.70. The molecule has 0 aliphatic rings. The van der Waals surface area contributed by atoms with Crippen LogP contribution >= 0.6 is 11.6 Å². The predicted molar refractivity (Wildman–Crippen MR) is 70.4 cm³/mol. The van der Waals surface area contributed by atoms with Crippen LogP contribution in [0.3, 0.4) is 0 Å². The zero-order valence-corrected chi connectivity index (χ0v) is 10.4. The highest BCUT2D eigenvalue weighted by Gasteiger charge is 2.12. The van der Waals surface area contributed by atoms with E-state index in [0.29, 0.717) is 16.3 Å². The Balaban J connectivity index is 2.64. The van der Waals surface area contributed by atoms with E-state index in [1.807, 2.05) is 18.2 Å². The van der Waals surface area contributed by atoms with Crippen LogP contribution in [-0.2, 0) is 0 Å². The number of carboxylic acid groups (broad SMARTS) is 1. The molecule has 4 heteroatoms. The summed E-state index contributed by atoms with van der Waals surface area (Å²) in [4.78, 5) is 11.0. The van der Waals surface area contributed by atoms with Gasteiger partial charge in [-0.05, 0) is 24.3 Å². The van der Waals surface area contributed by atoms with Crippen LogP contribution in [0, 0.1) is 0 Å². The maximum Gasteiger partial charge on any atom is 0.335 e. The normalized spacial score (nSPS) is 10.1. The molecule has 2 aromatic carbocycles. The second kappa shape index (κ2) is 5.10. The number of hydrogen-bond acceptors (Lipinski definition) is 2. The van der Waals surface area contributed by atoms with Crippen LogP contribution in [0.15, 0.2) is 42.5 Å². The number of carboxylic acids is 1. The van der Waals surface area contributed by atoms with Crippen molar-refractivity contribution in [2.75, 3.05) is 7.11 Å². The Labute approximate surface area is 110 Å². The number of rotatable bonds is 3. The first-order valence-electron chi connectivity index (χ1n) is 5.29. The average Bonchev–Trinajstić information content (AvgIpc) is 2.38. The first kappa shape index (κ1) is 12.5. The van der Waals surface area contributed by atoms with Gasteiger partial charge in [-0.3, -0.25) is 0 Å². The Morgan fingerprint density at radius 1 is 1.17 bits per heavy atom. The van der Waals surface area contributed by atoms with Gasteiger partial charge < -0.3 is 9.84 Å². The van der Waals surface area contributed by atoms with E-state index in [1.165, 1.54) is 13.2 Å². The Hall–Kier alpha value is -2.00. The largest absolute Gasteiger partial charge is 0.496 e. The van der Waals surface area contributed by atoms with Gasteiger partial charge in [0.05, 0.1) is 12.7 Å². The number of aromatic carboxylic acids is 1. The van der Waals surface area contributed by atoms with Crippen molar-refractivity contribution in [1.29, 1.82) is 0 Å². The minimum atomic E-state index is -0.981. The highest BCUT2D eigenvalue weighted by molar-refractivity contribution is 6.33. The summed E-state index contributed by atoms with van der Waals surface area (Å²) in [6.45, 7) is 0. The Bertz CT molecular complexity index is 593. The predicted octanol–water partition coefficient (Wildman–Crippen LogP) is 3.71. The summed E-state index contributed by atoms with van der Waals surface area (Å²) in [7, 11) is 1.54. The van der Waals surface area contributed by atoms with Crippen molar-refractivity contribution in [3.8, 4) is 16.9 Å². The van der Waals surface area contributed by atoms with Crippen LogP contribution in [-0.4, -0.2) is 18.2 Å². The van der Waals surface area contributed by atoms with Crippen LogP contribution in [0.25, 0.3) is 11.1 Å². The molecule has 0 radical (unpaired) electrons. The quantitative estimate of drug-likeness (QED) is 0.917. The fraction of sp³-hybridized carbons (Fsp3) is 0.0714. The third-order valence-electron chi connectivity index (χ3n) is 2.61. The van der Waals surface area contributed by atoms with Crippen molar-refractivity contribution < 1.29 is 14.6 Å². The molecule has 0 amide bonds. The zero-order chi connectivity index (χ0) is 13.1. The third-order valence-corrected chi connectivity index (χ3v) is 2.94. The van der Waals surface area contributed by atoms with Gasteiger partial charge in [-0.2, -0.15) is 0 Å². The minimum Gasteiger partial charge on any atom is -0.496 e. The van der Waals surface area contributed by atoms with Crippen molar-refractivity contribution in [2.24, 2.45) is 0 Å². The molecule has 18 heavy (non-hydrogen) atoms. The molecule has 0 aliphatic heterocycles. The molecule has 0 spiro atoms. The van der Waals surface area contributed by atoms with Gasteiger partial charge in [-0.25, -0.2) is 4.79 Å². The SMILES string of the molecule is COc1ccc(C(=O)O)cc1-c1ccccc1Cl. The number of hydrogen-bond donors (Lipinski definition) is 1. The summed E-state index contributed by atoms with van der Waals surface area (Å²) in [5.41, 5.74) is 1.62. The Kier molecular flexibility index (Phi) is 3.53. The van der Waals surface area contributed by atoms with E-state index in [0.717, 1.165) is 5.56 Å². The lowest BCUT2D eigenvalue weighted by molar-refractivity contribution is 0.0697. The maximum absolute atomic E-state index is 11.0. The van der Waals surface area contributed by atoms with E-state index in [2.05, 4.69) is 0 Å². The molecule has 0 bridgehead atoms. The summed E-state index contributed by atoms with van der Waals surface area (Å²) in [5.74, 6) is -0.390. The van der Waals surface area contributed by atoms with Crippen molar-refractivity contribution in [1.82, 2.24) is 0 Å². The monoisotopic (exact) mass is 262 g/mol. The Morgan fingerprint density at radius 3 is 2.50 bits per heavy atom. The molecule has 0 aromatic heterocycles. The van der Waals surface area contributed by atoms with E-state index >= 15 is 0 Å². The fourth-order valence-corrected chi connectivity index (χ4v) is 1.97. The highest BCUT2D eigenvalue weighted by atomic mass is 35.5. The lowest BCUT2D eigenvalue weighted by Gasteiger charge is -2.11. The van der Waals surface area contributed by atoms with E-state index in [1.54, 1.807) is 18.2 Å². The van der Waals surface area contributed by atoms with Gasteiger partial charge in [0.15, 0.2) is 0 Å². The summed E-state index contributed by atoms with van der Waals surface area (Å²) >= 11 is 6.12. The summed E-state index contributed by atoms with van der Waals surface area (Å²) in [6.07, 6.45) is 0. The van der Waals surface area contributed by atoms with Crippen molar-refractivity contribution in [3.63, 3.8) is 0 Å². The van der Waals surface area contributed by atoms with Crippen molar-refractivity contribution in [3.05, 3.63) is 53.1 Å². The summed E-state index contributed by atoms with van der Waals surface area (Å²) in [5, 5.41) is 9.57. The van der Waals surface area contributed by atoms with Crippen LogP contribution in [0.1, 0.15) is 10.4 Å². The number of ether oxygens (including phenoxy) is 1. The van der Waals surface area contributed by atoms with Gasteiger partial charge in [0.1, 0.15) is 5.75 Å². The van der Waals surface area contributed by atoms with Gasteiger partial charge in [0, 0.05) is 16.1 Å². The maximum atomic E-state index is 11.0. The minimum absolute atomic E-state index is 0.200. The second-order valence-corrected chi connectivity index (χ2v) is 4.11. The number of methoxy groups -OCH3 is 1. The molecule has 0 aliphatic carbocycles. The average molecular weight is 263 g/mol. The molecule has 0 atom stereocenters. The van der Waals surface area contributed by atoms with Crippen LogP contribution in [0.2, 0.25) is 5.02 Å². The molecule has 1 N–H and O–H groups in total.